The number of anilines is 1. The molecule has 3 aliphatic rings. The lowest BCUT2D eigenvalue weighted by molar-refractivity contribution is 0.0195. The van der Waals surface area contributed by atoms with Crippen LogP contribution in [0, 0.1) is 0 Å². The summed E-state index contributed by atoms with van der Waals surface area (Å²) in [5, 5.41) is 6.95. The van der Waals surface area contributed by atoms with Gasteiger partial charge in [0, 0.05) is 70.7 Å². The number of ether oxygens (including phenoxy) is 1. The molecule has 0 amide bonds. The van der Waals surface area contributed by atoms with E-state index >= 15 is 0 Å². The Hall–Kier alpha value is -1.38. The number of likely N-dealkylation sites (tertiary alicyclic amines) is 1. The van der Waals surface area contributed by atoms with Gasteiger partial charge in [-0.05, 0) is 19.3 Å². The van der Waals surface area contributed by atoms with Crippen LogP contribution in [0.25, 0.3) is 0 Å². The van der Waals surface area contributed by atoms with Crippen molar-refractivity contribution in [1.29, 1.82) is 0 Å². The van der Waals surface area contributed by atoms with E-state index in [1.165, 1.54) is 30.1 Å². The summed E-state index contributed by atoms with van der Waals surface area (Å²) < 4.78 is 5.48. The van der Waals surface area contributed by atoms with E-state index in [2.05, 4.69) is 30.4 Å². The molecule has 4 rings (SSSR count). The lowest BCUT2D eigenvalue weighted by Crippen LogP contribution is -2.46. The first-order valence-corrected chi connectivity index (χ1v) is 11.2. The Labute approximate surface area is 166 Å². The molecule has 4 heterocycles. The maximum atomic E-state index is 5.48. The Morgan fingerprint density at radius 3 is 2.85 bits per heavy atom. The Bertz CT molecular complexity index is 623. The van der Waals surface area contributed by atoms with E-state index in [-0.39, 0.29) is 0 Å². The summed E-state index contributed by atoms with van der Waals surface area (Å²) in [5.41, 5.74) is 1.19. The topological polar surface area (TPSA) is 56.2 Å². The third kappa shape index (κ3) is 4.73. The van der Waals surface area contributed by atoms with Crippen LogP contribution in [0.3, 0.4) is 0 Å². The summed E-state index contributed by atoms with van der Waals surface area (Å²) in [4.78, 5) is 16.7. The number of aromatic nitrogens is 1. The van der Waals surface area contributed by atoms with Crippen LogP contribution < -0.4 is 10.2 Å². The second-order valence-corrected chi connectivity index (χ2v) is 8.41. The number of nitrogens with zero attached hydrogens (tertiary/aromatic N) is 5. The van der Waals surface area contributed by atoms with E-state index in [9.17, 15) is 0 Å². The van der Waals surface area contributed by atoms with Crippen LogP contribution in [0.2, 0.25) is 0 Å². The van der Waals surface area contributed by atoms with Crippen LogP contribution in [0.1, 0.15) is 25.0 Å². The minimum absolute atomic E-state index is 0.633. The molecule has 27 heavy (non-hydrogen) atoms. The van der Waals surface area contributed by atoms with Crippen LogP contribution in [-0.4, -0.2) is 92.9 Å². The maximum absolute atomic E-state index is 5.48. The van der Waals surface area contributed by atoms with Crippen LogP contribution in [-0.2, 0) is 11.2 Å². The zero-order valence-corrected chi connectivity index (χ0v) is 17.2. The predicted octanol–water partition coefficient (Wildman–Crippen LogP) is 1.27. The Morgan fingerprint density at radius 2 is 2.07 bits per heavy atom. The summed E-state index contributed by atoms with van der Waals surface area (Å²) >= 11 is 1.78. The fourth-order valence-electron chi connectivity index (χ4n) is 4.27. The highest BCUT2D eigenvalue weighted by Gasteiger charge is 2.30. The summed E-state index contributed by atoms with van der Waals surface area (Å²) in [6, 6.07) is 0.633. The number of nitrogens with one attached hydrogen (secondary N) is 1. The van der Waals surface area contributed by atoms with Gasteiger partial charge in [0.05, 0.1) is 18.9 Å². The third-order valence-corrected chi connectivity index (χ3v) is 6.77. The molecule has 3 aliphatic heterocycles. The molecule has 150 valence electrons. The van der Waals surface area contributed by atoms with Gasteiger partial charge in [-0.3, -0.25) is 9.89 Å². The maximum Gasteiger partial charge on any atom is 0.193 e. The van der Waals surface area contributed by atoms with Gasteiger partial charge in [0.15, 0.2) is 11.1 Å². The van der Waals surface area contributed by atoms with Crippen molar-refractivity contribution in [3.8, 4) is 0 Å². The second kappa shape index (κ2) is 9.21. The number of hydrogen-bond acceptors (Lipinski definition) is 6. The zero-order valence-electron chi connectivity index (χ0n) is 16.4. The lowest BCUT2D eigenvalue weighted by atomic mass is 10.2. The van der Waals surface area contributed by atoms with Gasteiger partial charge in [-0.15, -0.1) is 11.3 Å². The fourth-order valence-corrected chi connectivity index (χ4v) is 5.19. The van der Waals surface area contributed by atoms with Gasteiger partial charge in [0.2, 0.25) is 0 Å². The van der Waals surface area contributed by atoms with Gasteiger partial charge in [0.1, 0.15) is 0 Å². The predicted molar refractivity (Wildman–Crippen MR) is 111 cm³/mol. The minimum atomic E-state index is 0.633. The van der Waals surface area contributed by atoms with Gasteiger partial charge < -0.3 is 19.9 Å². The normalized spacial score (nSPS) is 24.8. The Kier molecular flexibility index (Phi) is 6.47. The van der Waals surface area contributed by atoms with Crippen molar-refractivity contribution >= 4 is 22.4 Å². The SMILES string of the molecule is CN=C(NCCc1csc(N2CCCC2)n1)N1CCC(N2CCOCC2)C1. The van der Waals surface area contributed by atoms with Gasteiger partial charge in [-0.25, -0.2) is 4.98 Å². The number of morpholine rings is 1. The fraction of sp³-hybridized carbons (Fsp3) is 0.789. The highest BCUT2D eigenvalue weighted by molar-refractivity contribution is 7.13. The quantitative estimate of drug-likeness (QED) is 0.602. The standard InChI is InChI=1S/C19H32N6OS/c1-20-18(25-9-5-17(14-25)23-10-12-26-13-11-23)21-6-4-16-15-27-19(22-16)24-7-2-3-8-24/h15,17H,2-14H2,1H3,(H,20,21). The summed E-state index contributed by atoms with van der Waals surface area (Å²) in [5.74, 6) is 1.03. The van der Waals surface area contributed by atoms with Gasteiger partial charge in [-0.2, -0.15) is 0 Å². The molecule has 0 saturated carbocycles. The summed E-state index contributed by atoms with van der Waals surface area (Å²) in [6.07, 6.45) is 4.76. The molecule has 0 aromatic carbocycles. The number of aliphatic imine (C=N–C) groups is 1. The van der Waals surface area contributed by atoms with E-state index < -0.39 is 0 Å². The van der Waals surface area contributed by atoms with Crippen LogP contribution in [0.15, 0.2) is 10.4 Å². The smallest absolute Gasteiger partial charge is 0.193 e. The van der Waals surface area contributed by atoms with Gasteiger partial charge >= 0.3 is 0 Å². The van der Waals surface area contributed by atoms with E-state index in [4.69, 9.17) is 9.72 Å². The van der Waals surface area contributed by atoms with E-state index in [0.29, 0.717) is 6.04 Å². The molecule has 8 heteroatoms. The molecule has 1 N–H and O–H groups in total. The molecule has 0 bridgehead atoms. The van der Waals surface area contributed by atoms with E-state index in [0.717, 1.165) is 71.4 Å². The first kappa shape index (κ1) is 19.0. The number of thiazole rings is 1. The average Bonchev–Trinajstić information content (AvgIpc) is 3.47. The monoisotopic (exact) mass is 392 g/mol. The van der Waals surface area contributed by atoms with Crippen molar-refractivity contribution in [2.24, 2.45) is 4.99 Å². The highest BCUT2D eigenvalue weighted by atomic mass is 32.1. The first-order chi connectivity index (χ1) is 13.3. The summed E-state index contributed by atoms with van der Waals surface area (Å²) in [6.45, 7) is 9.23. The van der Waals surface area contributed by atoms with Crippen molar-refractivity contribution in [3.63, 3.8) is 0 Å². The molecule has 7 nitrogen and oxygen atoms in total. The molecular weight excluding hydrogens is 360 g/mol. The number of rotatable bonds is 5. The first-order valence-electron chi connectivity index (χ1n) is 10.3. The molecular formula is C19H32N6OS. The Morgan fingerprint density at radius 1 is 1.26 bits per heavy atom. The highest BCUT2D eigenvalue weighted by Crippen LogP contribution is 2.24. The van der Waals surface area contributed by atoms with Crippen LogP contribution in [0.4, 0.5) is 5.13 Å². The molecule has 1 aromatic rings. The average molecular weight is 393 g/mol. The van der Waals surface area contributed by atoms with Crippen molar-refractivity contribution in [1.82, 2.24) is 20.1 Å². The molecule has 0 aliphatic carbocycles. The number of hydrogen-bond donors (Lipinski definition) is 1. The van der Waals surface area contributed by atoms with Gasteiger partial charge in [0.25, 0.3) is 0 Å². The lowest BCUT2D eigenvalue weighted by Gasteiger charge is -2.32. The molecule has 0 spiro atoms. The molecule has 1 aromatic heterocycles. The molecule has 1 atom stereocenters. The van der Waals surface area contributed by atoms with E-state index in [1.54, 1.807) is 11.3 Å². The summed E-state index contributed by atoms with van der Waals surface area (Å²) in [7, 11) is 1.89. The zero-order chi connectivity index (χ0) is 18.5. The van der Waals surface area contributed by atoms with Crippen LogP contribution >= 0.6 is 11.3 Å². The third-order valence-electron chi connectivity index (χ3n) is 5.82. The Balaban J connectivity index is 1.22. The molecule has 0 radical (unpaired) electrons. The van der Waals surface area contributed by atoms with Crippen molar-refractivity contribution in [2.45, 2.75) is 31.7 Å². The van der Waals surface area contributed by atoms with Crippen molar-refractivity contribution < 1.29 is 4.74 Å². The second-order valence-electron chi connectivity index (χ2n) is 7.58. The van der Waals surface area contributed by atoms with Crippen molar-refractivity contribution in [2.75, 3.05) is 71.0 Å². The van der Waals surface area contributed by atoms with Crippen LogP contribution in [0.5, 0.6) is 0 Å². The minimum Gasteiger partial charge on any atom is -0.379 e. The molecule has 1 unspecified atom stereocenters. The molecule has 3 saturated heterocycles. The number of guanidine groups is 1. The largest absolute Gasteiger partial charge is 0.379 e. The molecule has 3 fully saturated rings. The van der Waals surface area contributed by atoms with Gasteiger partial charge in [-0.1, -0.05) is 0 Å². The van der Waals surface area contributed by atoms with E-state index in [1.807, 2.05) is 7.05 Å². The van der Waals surface area contributed by atoms with Crippen molar-refractivity contribution in [3.05, 3.63) is 11.1 Å².